The molecule has 0 radical (unpaired) electrons. The number of hydrogen-bond acceptors (Lipinski definition) is 6. The van der Waals surface area contributed by atoms with Crippen molar-refractivity contribution in [2.75, 3.05) is 6.61 Å². The van der Waals surface area contributed by atoms with Crippen LogP contribution in [0.15, 0.2) is 81.6 Å². The summed E-state index contributed by atoms with van der Waals surface area (Å²) in [6.45, 7) is 10.5. The van der Waals surface area contributed by atoms with E-state index in [1.54, 1.807) is 42.6 Å². The first-order valence-electron chi connectivity index (χ1n) is 13.4. The zero-order chi connectivity index (χ0) is 29.5. The van der Waals surface area contributed by atoms with E-state index >= 15 is 0 Å². The van der Waals surface area contributed by atoms with Gasteiger partial charge in [-0.1, -0.05) is 48.0 Å². The molecule has 0 saturated heterocycles. The number of carboxylic acids is 1. The van der Waals surface area contributed by atoms with Crippen LogP contribution in [0.4, 0.5) is 0 Å². The van der Waals surface area contributed by atoms with Crippen LogP contribution in [-0.2, 0) is 13.0 Å². The molecule has 0 fully saturated rings. The number of aromatic carboxylic acids is 1. The number of carboxylic acid groups (broad SMARTS) is 1. The van der Waals surface area contributed by atoms with Gasteiger partial charge in [-0.15, -0.1) is 6.58 Å². The molecule has 0 aliphatic heterocycles. The molecule has 0 spiro atoms. The van der Waals surface area contributed by atoms with Gasteiger partial charge < -0.3 is 14.6 Å². The van der Waals surface area contributed by atoms with Gasteiger partial charge in [0.25, 0.3) is 5.56 Å². The van der Waals surface area contributed by atoms with E-state index in [1.807, 2.05) is 45.0 Å². The van der Waals surface area contributed by atoms with Crippen molar-refractivity contribution in [3.8, 4) is 11.5 Å². The average Bonchev–Trinajstić information content (AvgIpc) is 2.96. The summed E-state index contributed by atoms with van der Waals surface area (Å²) in [5.74, 6) is 0.733. The van der Waals surface area contributed by atoms with Crippen LogP contribution >= 0.6 is 15.9 Å². The standard InChI is InChI=1S/C32H32BrN3O5/c1-5-8-24-15-22(16-28(40-7-3)29(24)41-19-21-9-11-23(12-10-21)32(38)39)18-34-36-30(20(4)6-2)35-27-14-13-25(33)17-26(27)31(36)37/h5,9-18,20H,1,6-8,19H2,2-4H3,(H,38,39)/t20-/m1/s1. The third kappa shape index (κ3) is 6.92. The lowest BCUT2D eigenvalue weighted by Crippen LogP contribution is -2.23. The predicted octanol–water partition coefficient (Wildman–Crippen LogP) is 6.96. The Hall–Kier alpha value is -4.24. The fraction of sp³-hybridized carbons (Fsp3) is 0.250. The second kappa shape index (κ2) is 13.4. The molecule has 4 rings (SSSR count). The summed E-state index contributed by atoms with van der Waals surface area (Å²) in [7, 11) is 0. The zero-order valence-electron chi connectivity index (χ0n) is 23.3. The number of halogens is 1. The van der Waals surface area contributed by atoms with E-state index in [0.29, 0.717) is 41.3 Å². The van der Waals surface area contributed by atoms with Gasteiger partial charge in [-0.25, -0.2) is 9.78 Å². The fourth-order valence-corrected chi connectivity index (χ4v) is 4.66. The molecule has 41 heavy (non-hydrogen) atoms. The molecule has 8 nitrogen and oxygen atoms in total. The van der Waals surface area contributed by atoms with Gasteiger partial charge in [-0.05, 0) is 73.4 Å². The lowest BCUT2D eigenvalue weighted by atomic mass is 10.1. The summed E-state index contributed by atoms with van der Waals surface area (Å²) in [5.41, 5.74) is 2.98. The maximum atomic E-state index is 13.5. The first kappa shape index (κ1) is 29.7. The van der Waals surface area contributed by atoms with Crippen LogP contribution in [0.25, 0.3) is 10.9 Å². The van der Waals surface area contributed by atoms with Crippen molar-refractivity contribution in [3.05, 3.63) is 110 Å². The van der Waals surface area contributed by atoms with Crippen molar-refractivity contribution in [2.45, 2.75) is 46.1 Å². The largest absolute Gasteiger partial charge is 0.490 e. The molecule has 0 bridgehead atoms. The summed E-state index contributed by atoms with van der Waals surface area (Å²) in [6.07, 6.45) is 4.71. The van der Waals surface area contributed by atoms with E-state index in [0.717, 1.165) is 27.6 Å². The fourth-order valence-electron chi connectivity index (χ4n) is 4.29. The third-order valence-corrected chi connectivity index (χ3v) is 7.10. The molecule has 3 aromatic carbocycles. The minimum atomic E-state index is -0.979. The number of nitrogens with zero attached hydrogens (tertiary/aromatic N) is 3. The topological polar surface area (TPSA) is 103 Å². The van der Waals surface area contributed by atoms with Gasteiger partial charge in [0.1, 0.15) is 12.4 Å². The van der Waals surface area contributed by atoms with Crippen LogP contribution in [0.5, 0.6) is 11.5 Å². The van der Waals surface area contributed by atoms with Crippen molar-refractivity contribution in [3.63, 3.8) is 0 Å². The van der Waals surface area contributed by atoms with Crippen LogP contribution in [0.3, 0.4) is 0 Å². The van der Waals surface area contributed by atoms with Crippen molar-refractivity contribution < 1.29 is 19.4 Å². The molecule has 0 amide bonds. The molecule has 0 aliphatic rings. The molecular formula is C32H32BrN3O5. The van der Waals surface area contributed by atoms with Gasteiger partial charge in [0.15, 0.2) is 11.5 Å². The summed E-state index contributed by atoms with van der Waals surface area (Å²) in [5, 5.41) is 14.2. The highest BCUT2D eigenvalue weighted by atomic mass is 79.9. The van der Waals surface area contributed by atoms with E-state index in [4.69, 9.17) is 19.6 Å². The number of fused-ring (bicyclic) bond motifs is 1. The van der Waals surface area contributed by atoms with Gasteiger partial charge in [-0.2, -0.15) is 9.78 Å². The Bertz CT molecular complexity index is 1660. The molecule has 0 saturated carbocycles. The number of benzene rings is 3. The number of ether oxygens (including phenoxy) is 2. The number of hydrogen-bond donors (Lipinski definition) is 1. The summed E-state index contributed by atoms with van der Waals surface area (Å²) < 4.78 is 14.3. The SMILES string of the molecule is C=CCc1cc(C=Nn2c([C@H](C)CC)nc3ccc(Br)cc3c2=O)cc(OCC)c1OCc1ccc(C(=O)O)cc1. The maximum Gasteiger partial charge on any atom is 0.335 e. The van der Waals surface area contributed by atoms with Crippen molar-refractivity contribution in [1.29, 1.82) is 0 Å². The second-order valence-electron chi connectivity index (χ2n) is 9.53. The van der Waals surface area contributed by atoms with Crippen LogP contribution < -0.4 is 15.0 Å². The molecule has 1 atom stereocenters. The van der Waals surface area contributed by atoms with E-state index in [1.165, 1.54) is 4.68 Å². The number of aromatic nitrogens is 2. The number of allylic oxidation sites excluding steroid dienone is 1. The highest BCUT2D eigenvalue weighted by Gasteiger charge is 2.17. The van der Waals surface area contributed by atoms with Crippen LogP contribution in [0.1, 0.15) is 66.0 Å². The highest BCUT2D eigenvalue weighted by Crippen LogP contribution is 2.34. The minimum Gasteiger partial charge on any atom is -0.490 e. The number of carbonyl (C=O) groups is 1. The molecule has 0 unspecified atom stereocenters. The molecule has 1 heterocycles. The Balaban J connectivity index is 1.73. The summed E-state index contributed by atoms with van der Waals surface area (Å²) in [4.78, 5) is 29.5. The number of rotatable bonds is 12. The van der Waals surface area contributed by atoms with E-state index in [2.05, 4.69) is 27.6 Å². The van der Waals surface area contributed by atoms with Crippen LogP contribution in [-0.4, -0.2) is 33.6 Å². The normalized spacial score (nSPS) is 12.0. The Kier molecular flexibility index (Phi) is 9.73. The Morgan fingerprint density at radius 2 is 1.90 bits per heavy atom. The smallest absolute Gasteiger partial charge is 0.335 e. The van der Waals surface area contributed by atoms with E-state index < -0.39 is 5.97 Å². The molecule has 212 valence electrons. The summed E-state index contributed by atoms with van der Waals surface area (Å²) in [6, 6.07) is 15.7. The second-order valence-corrected chi connectivity index (χ2v) is 10.4. The van der Waals surface area contributed by atoms with E-state index in [9.17, 15) is 9.59 Å². The molecule has 0 aliphatic carbocycles. The van der Waals surface area contributed by atoms with Gasteiger partial charge >= 0.3 is 5.97 Å². The highest BCUT2D eigenvalue weighted by molar-refractivity contribution is 9.10. The minimum absolute atomic E-state index is 0.0172. The average molecular weight is 619 g/mol. The molecule has 9 heteroatoms. The van der Waals surface area contributed by atoms with Gasteiger partial charge in [0.2, 0.25) is 0 Å². The van der Waals surface area contributed by atoms with Crippen molar-refractivity contribution in [2.24, 2.45) is 5.10 Å². The van der Waals surface area contributed by atoms with Crippen LogP contribution in [0, 0.1) is 0 Å². The van der Waals surface area contributed by atoms with Gasteiger partial charge in [0, 0.05) is 16.0 Å². The maximum absolute atomic E-state index is 13.5. The lowest BCUT2D eigenvalue weighted by molar-refractivity contribution is 0.0697. The predicted molar refractivity (Wildman–Crippen MR) is 165 cm³/mol. The Morgan fingerprint density at radius 3 is 2.56 bits per heavy atom. The van der Waals surface area contributed by atoms with Gasteiger partial charge in [-0.3, -0.25) is 4.79 Å². The monoisotopic (exact) mass is 617 g/mol. The Labute approximate surface area is 247 Å². The zero-order valence-corrected chi connectivity index (χ0v) is 24.8. The molecule has 4 aromatic rings. The first-order chi connectivity index (χ1) is 19.7. The Morgan fingerprint density at radius 1 is 1.15 bits per heavy atom. The van der Waals surface area contributed by atoms with Crippen molar-refractivity contribution in [1.82, 2.24) is 9.66 Å². The molecule has 1 N–H and O–H groups in total. The molecule has 1 aromatic heterocycles. The van der Waals surface area contributed by atoms with E-state index in [-0.39, 0.29) is 23.6 Å². The first-order valence-corrected chi connectivity index (χ1v) is 14.2. The lowest BCUT2D eigenvalue weighted by Gasteiger charge is -2.17. The molecular weight excluding hydrogens is 586 g/mol. The van der Waals surface area contributed by atoms with Crippen molar-refractivity contribution >= 4 is 39.0 Å². The third-order valence-electron chi connectivity index (χ3n) is 6.61. The quantitative estimate of drug-likeness (QED) is 0.136. The summed E-state index contributed by atoms with van der Waals surface area (Å²) >= 11 is 3.44. The van der Waals surface area contributed by atoms with Gasteiger partial charge in [0.05, 0.1) is 29.3 Å². The van der Waals surface area contributed by atoms with Crippen LogP contribution in [0.2, 0.25) is 0 Å².